The van der Waals surface area contributed by atoms with Crippen molar-refractivity contribution >= 4 is 17.5 Å². The molecule has 0 saturated carbocycles. The molecule has 2 rings (SSSR count). The Kier molecular flexibility index (Phi) is 3.74. The van der Waals surface area contributed by atoms with Crippen molar-refractivity contribution in [3.8, 4) is 12.3 Å². The van der Waals surface area contributed by atoms with Crippen LogP contribution in [0.1, 0.15) is 16.1 Å². The zero-order chi connectivity index (χ0) is 13.7. The average molecular weight is 253 g/mol. The molecule has 94 valence electrons. The van der Waals surface area contributed by atoms with E-state index in [1.165, 1.54) is 19.5 Å². The first-order chi connectivity index (χ1) is 9.22. The molecule has 1 N–H and O–H groups in total. The van der Waals surface area contributed by atoms with E-state index in [1.807, 2.05) is 18.2 Å². The fraction of sp³-hybridized carbons (Fsp3) is 0.0714. The second-order valence-corrected chi connectivity index (χ2v) is 3.63. The zero-order valence-electron chi connectivity index (χ0n) is 10.3. The number of ether oxygens (including phenoxy) is 1. The molecule has 0 fully saturated rings. The summed E-state index contributed by atoms with van der Waals surface area (Å²) in [6.45, 7) is 0. The first-order valence-corrected chi connectivity index (χ1v) is 5.47. The number of methoxy groups -OCH3 is 1. The van der Waals surface area contributed by atoms with Crippen molar-refractivity contribution in [3.63, 3.8) is 0 Å². The van der Waals surface area contributed by atoms with Gasteiger partial charge in [0.1, 0.15) is 5.82 Å². The van der Waals surface area contributed by atoms with Crippen molar-refractivity contribution in [1.82, 2.24) is 9.97 Å². The van der Waals surface area contributed by atoms with Crippen LogP contribution in [0.3, 0.4) is 0 Å². The van der Waals surface area contributed by atoms with Gasteiger partial charge in [-0.25, -0.2) is 9.78 Å². The maximum absolute atomic E-state index is 11.3. The van der Waals surface area contributed by atoms with Crippen LogP contribution in [0, 0.1) is 12.3 Å². The van der Waals surface area contributed by atoms with Gasteiger partial charge in [-0.05, 0) is 18.2 Å². The SMILES string of the molecule is C#Cc1cccc(Nc2cncc(C(=O)OC)n2)c1. The second-order valence-electron chi connectivity index (χ2n) is 3.63. The van der Waals surface area contributed by atoms with E-state index in [1.54, 1.807) is 6.07 Å². The lowest BCUT2D eigenvalue weighted by Crippen LogP contribution is -2.06. The van der Waals surface area contributed by atoms with Crippen molar-refractivity contribution in [1.29, 1.82) is 0 Å². The smallest absolute Gasteiger partial charge is 0.358 e. The summed E-state index contributed by atoms with van der Waals surface area (Å²) in [5, 5.41) is 3.02. The van der Waals surface area contributed by atoms with Crippen LogP contribution in [-0.4, -0.2) is 23.0 Å². The van der Waals surface area contributed by atoms with E-state index in [0.29, 0.717) is 5.82 Å². The molecule has 19 heavy (non-hydrogen) atoms. The first-order valence-electron chi connectivity index (χ1n) is 5.47. The molecule has 0 amide bonds. The third-order valence-electron chi connectivity index (χ3n) is 2.33. The molecule has 5 nitrogen and oxygen atoms in total. The van der Waals surface area contributed by atoms with E-state index in [2.05, 4.69) is 25.9 Å². The van der Waals surface area contributed by atoms with Crippen molar-refractivity contribution in [2.24, 2.45) is 0 Å². The number of nitrogens with zero attached hydrogens (tertiary/aromatic N) is 2. The van der Waals surface area contributed by atoms with Gasteiger partial charge in [0.15, 0.2) is 5.69 Å². The molecule has 0 radical (unpaired) electrons. The lowest BCUT2D eigenvalue weighted by Gasteiger charge is -2.06. The molecule has 1 aromatic carbocycles. The molecule has 1 heterocycles. The molecular weight excluding hydrogens is 242 g/mol. The zero-order valence-corrected chi connectivity index (χ0v) is 10.3. The molecule has 2 aromatic rings. The largest absolute Gasteiger partial charge is 0.464 e. The van der Waals surface area contributed by atoms with Gasteiger partial charge in [0.05, 0.1) is 19.5 Å². The third-order valence-corrected chi connectivity index (χ3v) is 2.33. The van der Waals surface area contributed by atoms with Gasteiger partial charge < -0.3 is 10.1 Å². The van der Waals surface area contributed by atoms with Gasteiger partial charge in [-0.2, -0.15) is 0 Å². The number of terminal acetylenes is 1. The fourth-order valence-corrected chi connectivity index (χ4v) is 1.46. The van der Waals surface area contributed by atoms with E-state index in [-0.39, 0.29) is 5.69 Å². The van der Waals surface area contributed by atoms with E-state index in [0.717, 1.165) is 11.3 Å². The van der Waals surface area contributed by atoms with E-state index in [9.17, 15) is 4.79 Å². The maximum atomic E-state index is 11.3. The van der Waals surface area contributed by atoms with Gasteiger partial charge in [0.25, 0.3) is 0 Å². The molecule has 5 heteroatoms. The Morgan fingerprint density at radius 3 is 3.00 bits per heavy atom. The summed E-state index contributed by atoms with van der Waals surface area (Å²) < 4.78 is 4.58. The van der Waals surface area contributed by atoms with Crippen LogP contribution in [0.15, 0.2) is 36.7 Å². The fourth-order valence-electron chi connectivity index (χ4n) is 1.46. The van der Waals surface area contributed by atoms with Gasteiger partial charge in [-0.3, -0.25) is 4.98 Å². The molecule has 0 unspecified atom stereocenters. The first kappa shape index (κ1) is 12.6. The lowest BCUT2D eigenvalue weighted by molar-refractivity contribution is 0.0593. The van der Waals surface area contributed by atoms with Crippen LogP contribution in [0.4, 0.5) is 11.5 Å². The Morgan fingerprint density at radius 1 is 1.42 bits per heavy atom. The minimum absolute atomic E-state index is 0.139. The highest BCUT2D eigenvalue weighted by molar-refractivity contribution is 5.87. The summed E-state index contributed by atoms with van der Waals surface area (Å²) in [5.74, 6) is 2.45. The number of aromatic nitrogens is 2. The van der Waals surface area contributed by atoms with Crippen molar-refractivity contribution in [2.45, 2.75) is 0 Å². The third kappa shape index (κ3) is 3.07. The molecule has 0 aliphatic rings. The second kappa shape index (κ2) is 5.65. The number of carbonyl (C=O) groups is 1. The van der Waals surface area contributed by atoms with Crippen molar-refractivity contribution in [3.05, 3.63) is 47.9 Å². The summed E-state index contributed by atoms with van der Waals surface area (Å²) in [4.78, 5) is 19.4. The van der Waals surface area contributed by atoms with Crippen LogP contribution in [0.5, 0.6) is 0 Å². The summed E-state index contributed by atoms with van der Waals surface area (Å²) in [5.41, 5.74) is 1.66. The minimum Gasteiger partial charge on any atom is -0.464 e. The van der Waals surface area contributed by atoms with Gasteiger partial charge in [0.2, 0.25) is 0 Å². The van der Waals surface area contributed by atoms with Gasteiger partial charge in [0, 0.05) is 11.3 Å². The van der Waals surface area contributed by atoms with Crippen LogP contribution in [0.25, 0.3) is 0 Å². The van der Waals surface area contributed by atoms with E-state index < -0.39 is 5.97 Å². The summed E-state index contributed by atoms with van der Waals surface area (Å²) in [7, 11) is 1.29. The Labute approximate surface area is 110 Å². The van der Waals surface area contributed by atoms with Gasteiger partial charge in [-0.15, -0.1) is 6.42 Å². The topological polar surface area (TPSA) is 64.1 Å². The summed E-state index contributed by atoms with van der Waals surface area (Å²) >= 11 is 0. The number of benzene rings is 1. The molecule has 0 aliphatic heterocycles. The number of hydrogen-bond acceptors (Lipinski definition) is 5. The maximum Gasteiger partial charge on any atom is 0.358 e. The van der Waals surface area contributed by atoms with Crippen molar-refractivity contribution in [2.75, 3.05) is 12.4 Å². The highest BCUT2D eigenvalue weighted by atomic mass is 16.5. The number of anilines is 2. The molecule has 0 spiro atoms. The lowest BCUT2D eigenvalue weighted by atomic mass is 10.2. The Morgan fingerprint density at radius 2 is 2.26 bits per heavy atom. The quantitative estimate of drug-likeness (QED) is 0.669. The number of hydrogen-bond donors (Lipinski definition) is 1. The molecule has 0 bridgehead atoms. The number of esters is 1. The summed E-state index contributed by atoms with van der Waals surface area (Å²) in [6, 6.07) is 7.29. The van der Waals surface area contributed by atoms with Crippen LogP contribution in [0.2, 0.25) is 0 Å². The molecule has 1 aromatic heterocycles. The number of carbonyl (C=O) groups excluding carboxylic acids is 1. The van der Waals surface area contributed by atoms with E-state index >= 15 is 0 Å². The number of nitrogens with one attached hydrogen (secondary N) is 1. The molecule has 0 atom stereocenters. The van der Waals surface area contributed by atoms with Crippen LogP contribution in [-0.2, 0) is 4.74 Å². The Hall–Kier alpha value is -2.87. The van der Waals surface area contributed by atoms with Crippen molar-refractivity contribution < 1.29 is 9.53 Å². The molecule has 0 aliphatic carbocycles. The van der Waals surface area contributed by atoms with Gasteiger partial charge in [-0.1, -0.05) is 12.0 Å². The minimum atomic E-state index is -0.534. The number of rotatable bonds is 3. The van der Waals surface area contributed by atoms with Gasteiger partial charge >= 0.3 is 5.97 Å². The van der Waals surface area contributed by atoms with Crippen LogP contribution < -0.4 is 5.32 Å². The highest BCUT2D eigenvalue weighted by Crippen LogP contribution is 2.15. The molecule has 0 saturated heterocycles. The Bertz CT molecular complexity index is 647. The van der Waals surface area contributed by atoms with E-state index in [4.69, 9.17) is 6.42 Å². The predicted octanol–water partition coefficient (Wildman–Crippen LogP) is 1.99. The standard InChI is InChI=1S/C14H11N3O2/c1-3-10-5-4-6-11(7-10)16-13-9-15-8-12(17-13)14(18)19-2/h1,4-9H,2H3,(H,16,17). The normalized spacial score (nSPS) is 9.47. The van der Waals surface area contributed by atoms with Crippen LogP contribution >= 0.6 is 0 Å². The average Bonchev–Trinajstić information content (AvgIpc) is 2.47. The summed E-state index contributed by atoms with van der Waals surface area (Å²) in [6.07, 6.45) is 8.18. The Balaban J connectivity index is 2.23. The predicted molar refractivity (Wildman–Crippen MR) is 71.0 cm³/mol. The monoisotopic (exact) mass is 253 g/mol. The highest BCUT2D eigenvalue weighted by Gasteiger charge is 2.08. The molecular formula is C14H11N3O2.